The van der Waals surface area contributed by atoms with Crippen molar-refractivity contribution in [2.45, 2.75) is 50.4 Å². The highest BCUT2D eigenvalue weighted by Gasteiger charge is 2.28. The largest absolute Gasteiger partial charge is 0.493 e. The highest BCUT2D eigenvalue weighted by molar-refractivity contribution is 5.94. The molecule has 0 fully saturated rings. The van der Waals surface area contributed by atoms with Crippen LogP contribution in [0.15, 0.2) is 48.1 Å². The standard InChI is InChI=1S/C27H36N2O8/c1-34-24-15-18(5-9-22(24)36-26(32)11-13-28)3-7-20(30)17-21(31)8-4-19-6-10-23(25(16-19)35-2)37-27(33)12-14-29/h3-9,15,21,23,25,31H,10-14,16-17,28-29H2,1-2H3/b7-3+,8-4+. The van der Waals surface area contributed by atoms with E-state index in [-0.39, 0.29) is 62.1 Å². The number of nitrogens with two attached hydrogens (primary N) is 2. The topological polar surface area (TPSA) is 160 Å². The normalized spacial score (nSPS) is 18.5. The Morgan fingerprint density at radius 1 is 1.05 bits per heavy atom. The van der Waals surface area contributed by atoms with Gasteiger partial charge in [-0.3, -0.25) is 14.4 Å². The maximum Gasteiger partial charge on any atom is 0.312 e. The van der Waals surface area contributed by atoms with E-state index in [9.17, 15) is 19.5 Å². The molecule has 10 heteroatoms. The first-order valence-corrected chi connectivity index (χ1v) is 12.1. The molecule has 0 radical (unpaired) electrons. The van der Waals surface area contributed by atoms with E-state index in [0.717, 1.165) is 5.57 Å². The molecule has 0 spiro atoms. The van der Waals surface area contributed by atoms with Gasteiger partial charge in [-0.1, -0.05) is 30.4 Å². The molecule has 0 bridgehead atoms. The van der Waals surface area contributed by atoms with Crippen molar-refractivity contribution in [2.24, 2.45) is 11.5 Å². The van der Waals surface area contributed by atoms with Crippen LogP contribution in [0.4, 0.5) is 0 Å². The van der Waals surface area contributed by atoms with Crippen molar-refractivity contribution in [3.8, 4) is 11.5 Å². The molecule has 202 valence electrons. The van der Waals surface area contributed by atoms with Crippen molar-refractivity contribution >= 4 is 23.8 Å². The van der Waals surface area contributed by atoms with Gasteiger partial charge in [0.15, 0.2) is 17.3 Å². The highest BCUT2D eigenvalue weighted by Crippen LogP contribution is 2.29. The van der Waals surface area contributed by atoms with Crippen molar-refractivity contribution in [3.05, 3.63) is 53.6 Å². The number of carbonyl (C=O) groups is 3. The Bertz CT molecular complexity index is 1020. The molecule has 0 aliphatic heterocycles. The summed E-state index contributed by atoms with van der Waals surface area (Å²) in [5, 5.41) is 10.3. The molecule has 0 saturated carbocycles. The van der Waals surface area contributed by atoms with Crippen LogP contribution >= 0.6 is 0 Å². The molecule has 10 nitrogen and oxygen atoms in total. The number of esters is 2. The van der Waals surface area contributed by atoms with Crippen LogP contribution in [-0.4, -0.2) is 68.4 Å². The molecule has 5 N–H and O–H groups in total. The van der Waals surface area contributed by atoms with Gasteiger partial charge in [-0.05, 0) is 29.3 Å². The molecule has 1 aliphatic carbocycles. The van der Waals surface area contributed by atoms with E-state index in [1.807, 2.05) is 6.08 Å². The number of ether oxygens (including phenoxy) is 4. The second-order valence-corrected chi connectivity index (χ2v) is 8.41. The van der Waals surface area contributed by atoms with Crippen molar-refractivity contribution in [1.82, 2.24) is 0 Å². The quantitative estimate of drug-likeness (QED) is 0.189. The van der Waals surface area contributed by atoms with Crippen LogP contribution in [0, 0.1) is 0 Å². The monoisotopic (exact) mass is 516 g/mol. The van der Waals surface area contributed by atoms with Gasteiger partial charge in [0.25, 0.3) is 0 Å². The van der Waals surface area contributed by atoms with Crippen molar-refractivity contribution < 1.29 is 38.4 Å². The van der Waals surface area contributed by atoms with Crippen LogP contribution in [-0.2, 0) is 23.9 Å². The summed E-state index contributed by atoms with van der Waals surface area (Å²) in [7, 11) is 3.00. The third-order valence-electron chi connectivity index (χ3n) is 5.56. The van der Waals surface area contributed by atoms with Crippen LogP contribution in [0.2, 0.25) is 0 Å². The summed E-state index contributed by atoms with van der Waals surface area (Å²) < 4.78 is 21.4. The van der Waals surface area contributed by atoms with Gasteiger partial charge in [-0.25, -0.2) is 0 Å². The Morgan fingerprint density at radius 2 is 1.78 bits per heavy atom. The lowest BCUT2D eigenvalue weighted by molar-refractivity contribution is -0.156. The fourth-order valence-electron chi connectivity index (χ4n) is 3.64. The smallest absolute Gasteiger partial charge is 0.312 e. The SMILES string of the molecule is COc1cc(/C=C/C(=O)CC(O)/C=C/C2=CCC(OC(=O)CCN)C(OC)C2)ccc1OC(=O)CCN. The minimum absolute atomic E-state index is 0.0888. The molecule has 0 heterocycles. The first-order valence-electron chi connectivity index (χ1n) is 12.1. The van der Waals surface area contributed by atoms with Gasteiger partial charge in [0, 0.05) is 39.5 Å². The zero-order chi connectivity index (χ0) is 27.2. The molecule has 0 aromatic heterocycles. The van der Waals surface area contributed by atoms with E-state index >= 15 is 0 Å². The predicted octanol–water partition coefficient (Wildman–Crippen LogP) is 1.83. The molecular formula is C27H36N2O8. The number of aliphatic hydroxyl groups is 1. The van der Waals surface area contributed by atoms with Crippen molar-refractivity contribution in [3.63, 3.8) is 0 Å². The molecular weight excluding hydrogens is 480 g/mol. The van der Waals surface area contributed by atoms with E-state index in [1.54, 1.807) is 43.5 Å². The van der Waals surface area contributed by atoms with Gasteiger partial charge in [-0.15, -0.1) is 0 Å². The van der Waals surface area contributed by atoms with E-state index in [2.05, 4.69) is 0 Å². The lowest BCUT2D eigenvalue weighted by Gasteiger charge is -2.29. The highest BCUT2D eigenvalue weighted by atomic mass is 16.6. The zero-order valence-electron chi connectivity index (χ0n) is 21.3. The van der Waals surface area contributed by atoms with Gasteiger partial charge in [-0.2, -0.15) is 0 Å². The molecule has 3 unspecified atom stereocenters. The third kappa shape index (κ3) is 10.3. The fraction of sp³-hybridized carbons (Fsp3) is 0.444. The number of benzene rings is 1. The second-order valence-electron chi connectivity index (χ2n) is 8.41. The Hall–Kier alpha value is -3.31. The summed E-state index contributed by atoms with van der Waals surface area (Å²) >= 11 is 0. The molecule has 0 amide bonds. The Labute approximate surface area is 216 Å². The van der Waals surface area contributed by atoms with Crippen LogP contribution in [0.25, 0.3) is 6.08 Å². The van der Waals surface area contributed by atoms with E-state index < -0.39 is 12.1 Å². The molecule has 2 rings (SSSR count). The summed E-state index contributed by atoms with van der Waals surface area (Å²) in [5.74, 6) is -0.487. The first kappa shape index (κ1) is 29.9. The number of carbonyl (C=O) groups excluding carboxylic acids is 3. The minimum atomic E-state index is -0.974. The lowest BCUT2D eigenvalue weighted by atomic mass is 9.93. The van der Waals surface area contributed by atoms with Crippen molar-refractivity contribution in [2.75, 3.05) is 27.3 Å². The maximum atomic E-state index is 12.3. The Kier molecular flexibility index (Phi) is 12.7. The van der Waals surface area contributed by atoms with Crippen LogP contribution in [0.1, 0.15) is 37.7 Å². The molecule has 1 aromatic carbocycles. The van der Waals surface area contributed by atoms with Gasteiger partial charge < -0.3 is 35.5 Å². The van der Waals surface area contributed by atoms with E-state index in [0.29, 0.717) is 24.2 Å². The van der Waals surface area contributed by atoms with E-state index in [4.69, 9.17) is 30.4 Å². The molecule has 1 aromatic rings. The average Bonchev–Trinajstić information content (AvgIpc) is 2.87. The number of hydrogen-bond donors (Lipinski definition) is 3. The second kappa shape index (κ2) is 15.7. The fourth-order valence-corrected chi connectivity index (χ4v) is 3.64. The molecule has 3 atom stereocenters. The molecule has 1 aliphatic rings. The minimum Gasteiger partial charge on any atom is -0.493 e. The Balaban J connectivity index is 1.91. The van der Waals surface area contributed by atoms with Gasteiger partial charge >= 0.3 is 11.9 Å². The van der Waals surface area contributed by atoms with Gasteiger partial charge in [0.1, 0.15) is 6.10 Å². The molecule has 0 saturated heterocycles. The third-order valence-corrected chi connectivity index (χ3v) is 5.56. The van der Waals surface area contributed by atoms with E-state index in [1.165, 1.54) is 13.2 Å². The number of rotatable bonds is 14. The number of methoxy groups -OCH3 is 2. The van der Waals surface area contributed by atoms with Crippen LogP contribution < -0.4 is 20.9 Å². The molecule has 37 heavy (non-hydrogen) atoms. The van der Waals surface area contributed by atoms with Gasteiger partial charge in [0.2, 0.25) is 0 Å². The number of hydrogen-bond acceptors (Lipinski definition) is 10. The summed E-state index contributed by atoms with van der Waals surface area (Å²) in [5.41, 5.74) is 12.3. The summed E-state index contributed by atoms with van der Waals surface area (Å²) in [6, 6.07) is 4.88. The van der Waals surface area contributed by atoms with Crippen LogP contribution in [0.3, 0.4) is 0 Å². The Morgan fingerprint density at radius 3 is 2.46 bits per heavy atom. The number of allylic oxidation sites excluding steroid dienone is 2. The first-order chi connectivity index (χ1) is 17.8. The maximum absolute atomic E-state index is 12.3. The van der Waals surface area contributed by atoms with Crippen molar-refractivity contribution in [1.29, 1.82) is 0 Å². The predicted molar refractivity (Wildman–Crippen MR) is 138 cm³/mol. The zero-order valence-corrected chi connectivity index (χ0v) is 21.3. The number of aliphatic hydroxyl groups excluding tert-OH is 1. The lowest BCUT2D eigenvalue weighted by Crippen LogP contribution is -2.35. The van der Waals surface area contributed by atoms with Crippen LogP contribution in [0.5, 0.6) is 11.5 Å². The summed E-state index contributed by atoms with van der Waals surface area (Å²) in [6.45, 7) is 0.412. The number of ketones is 1. The van der Waals surface area contributed by atoms with Gasteiger partial charge in [0.05, 0.1) is 32.2 Å². The summed E-state index contributed by atoms with van der Waals surface area (Å²) in [4.78, 5) is 35.7. The summed E-state index contributed by atoms with van der Waals surface area (Å²) in [6.07, 6.45) is 7.66. The average molecular weight is 517 g/mol.